The molecule has 0 aromatic carbocycles. The highest BCUT2D eigenvalue weighted by molar-refractivity contribution is 5.82. The minimum atomic E-state index is -2.50. The predicted molar refractivity (Wildman–Crippen MR) is 70.2 cm³/mol. The van der Waals surface area contributed by atoms with Crippen molar-refractivity contribution in [2.75, 3.05) is 19.6 Å². The van der Waals surface area contributed by atoms with Crippen molar-refractivity contribution in [3.05, 3.63) is 12.2 Å². The van der Waals surface area contributed by atoms with Crippen molar-refractivity contribution in [1.82, 2.24) is 4.90 Å². The molecule has 0 aromatic rings. The number of ether oxygens (including phenoxy) is 1. The van der Waals surface area contributed by atoms with Gasteiger partial charge in [0.05, 0.1) is 0 Å². The summed E-state index contributed by atoms with van der Waals surface area (Å²) in [6, 6.07) is 0. The molecule has 110 valence electrons. The van der Waals surface area contributed by atoms with Crippen molar-refractivity contribution in [3.63, 3.8) is 0 Å². The molecule has 0 aliphatic carbocycles. The first-order valence-electron chi connectivity index (χ1n) is 6.68. The Morgan fingerprint density at radius 1 is 1.32 bits per heavy atom. The number of hydrogen-bond donors (Lipinski definition) is 0. The van der Waals surface area contributed by atoms with Crippen LogP contribution in [-0.4, -0.2) is 42.0 Å². The Kier molecular flexibility index (Phi) is 5.47. The number of nitrogens with zero attached hydrogens (tertiary/aromatic N) is 1. The second-order valence-electron chi connectivity index (χ2n) is 5.92. The van der Waals surface area contributed by atoms with E-state index < -0.39 is 11.5 Å². The summed E-state index contributed by atoms with van der Waals surface area (Å²) >= 11 is 0. The zero-order valence-electron chi connectivity index (χ0n) is 11.9. The molecule has 3 nitrogen and oxygen atoms in total. The summed E-state index contributed by atoms with van der Waals surface area (Å²) < 4.78 is 31.0. The van der Waals surface area contributed by atoms with Gasteiger partial charge >= 0.3 is 5.97 Å². The molecule has 0 N–H and O–H groups in total. The van der Waals surface area contributed by atoms with Crippen LogP contribution in [0.4, 0.5) is 8.78 Å². The second-order valence-corrected chi connectivity index (χ2v) is 5.92. The monoisotopic (exact) mass is 275 g/mol. The zero-order chi connectivity index (χ0) is 14.5. The quantitative estimate of drug-likeness (QED) is 0.583. The van der Waals surface area contributed by atoms with Gasteiger partial charge in [-0.2, -0.15) is 0 Å². The van der Waals surface area contributed by atoms with Gasteiger partial charge in [-0.25, -0.2) is 13.6 Å². The number of hydrogen-bond acceptors (Lipinski definition) is 3. The lowest BCUT2D eigenvalue weighted by Crippen LogP contribution is -2.39. The molecule has 1 aliphatic rings. The minimum Gasteiger partial charge on any atom is -0.457 e. The van der Waals surface area contributed by atoms with Crippen LogP contribution in [0.2, 0.25) is 0 Å². The van der Waals surface area contributed by atoms with Crippen molar-refractivity contribution in [1.29, 1.82) is 0 Å². The van der Waals surface area contributed by atoms with Crippen LogP contribution < -0.4 is 0 Å². The fourth-order valence-electron chi connectivity index (χ4n) is 1.88. The highest BCUT2D eigenvalue weighted by Crippen LogP contribution is 2.27. The number of likely N-dealkylation sites (tertiary alicyclic amines) is 1. The molecule has 0 amide bonds. The first-order chi connectivity index (χ1) is 8.68. The summed E-state index contributed by atoms with van der Waals surface area (Å²) in [7, 11) is 0. The van der Waals surface area contributed by atoms with Gasteiger partial charge in [-0.3, -0.25) is 0 Å². The molecule has 1 aliphatic heterocycles. The van der Waals surface area contributed by atoms with Gasteiger partial charge in [0.25, 0.3) is 5.92 Å². The molecular weight excluding hydrogens is 252 g/mol. The molecule has 0 unspecified atom stereocenters. The Labute approximate surface area is 113 Å². The maximum Gasteiger partial charge on any atom is 0.330 e. The highest BCUT2D eigenvalue weighted by atomic mass is 19.3. The number of alkyl halides is 2. The summed E-state index contributed by atoms with van der Waals surface area (Å²) in [5.74, 6) is -2.86. The molecule has 0 spiro atoms. The summed E-state index contributed by atoms with van der Waals surface area (Å²) in [4.78, 5) is 13.4. The van der Waals surface area contributed by atoms with E-state index in [0.29, 0.717) is 26.1 Å². The Hall–Kier alpha value is -0.970. The molecule has 19 heavy (non-hydrogen) atoms. The Morgan fingerprint density at radius 2 is 1.89 bits per heavy atom. The zero-order valence-corrected chi connectivity index (χ0v) is 11.9. The number of esters is 1. The topological polar surface area (TPSA) is 29.5 Å². The van der Waals surface area contributed by atoms with Crippen LogP contribution in [0.25, 0.3) is 0 Å². The Morgan fingerprint density at radius 3 is 2.42 bits per heavy atom. The number of rotatable bonds is 4. The van der Waals surface area contributed by atoms with E-state index >= 15 is 0 Å². The lowest BCUT2D eigenvalue weighted by atomic mass is 10.1. The normalized spacial score (nSPS) is 20.7. The number of halogens is 2. The second kappa shape index (κ2) is 6.46. The van der Waals surface area contributed by atoms with Gasteiger partial charge in [0.2, 0.25) is 0 Å². The third-order valence-corrected chi connectivity index (χ3v) is 2.86. The molecule has 0 aromatic heterocycles. The maximum atomic E-state index is 12.9. The number of carbonyl (C=O) groups is 1. The van der Waals surface area contributed by atoms with Gasteiger partial charge in [0, 0.05) is 38.6 Å². The molecule has 1 fully saturated rings. The molecule has 0 radical (unpaired) electrons. The summed E-state index contributed by atoms with van der Waals surface area (Å²) in [5.41, 5.74) is -0.486. The van der Waals surface area contributed by atoms with Crippen LogP contribution in [0.1, 0.15) is 40.0 Å². The molecule has 1 saturated heterocycles. The van der Waals surface area contributed by atoms with Gasteiger partial charge < -0.3 is 9.64 Å². The lowest BCUT2D eigenvalue weighted by molar-refractivity contribution is -0.148. The van der Waals surface area contributed by atoms with Crippen molar-refractivity contribution in [3.8, 4) is 0 Å². The van der Waals surface area contributed by atoms with Crippen molar-refractivity contribution < 1.29 is 18.3 Å². The van der Waals surface area contributed by atoms with Crippen LogP contribution in [0, 0.1) is 0 Å². The van der Waals surface area contributed by atoms with Crippen LogP contribution in [0.3, 0.4) is 0 Å². The third-order valence-electron chi connectivity index (χ3n) is 2.86. The van der Waals surface area contributed by atoms with E-state index in [2.05, 4.69) is 0 Å². The number of piperidine rings is 1. The van der Waals surface area contributed by atoms with Crippen LogP contribution >= 0.6 is 0 Å². The van der Waals surface area contributed by atoms with Crippen molar-refractivity contribution in [2.45, 2.75) is 51.6 Å². The van der Waals surface area contributed by atoms with Gasteiger partial charge in [-0.1, -0.05) is 6.08 Å². The fraction of sp³-hybridized carbons (Fsp3) is 0.786. The smallest absolute Gasteiger partial charge is 0.330 e. The average Bonchev–Trinajstić information content (AvgIpc) is 2.24. The largest absolute Gasteiger partial charge is 0.457 e. The lowest BCUT2D eigenvalue weighted by Gasteiger charge is -2.31. The molecule has 0 saturated carbocycles. The van der Waals surface area contributed by atoms with Gasteiger partial charge in [-0.15, -0.1) is 0 Å². The maximum absolute atomic E-state index is 12.9. The van der Waals surface area contributed by atoms with E-state index in [1.165, 1.54) is 6.08 Å². The Balaban J connectivity index is 2.19. The Bertz CT molecular complexity index is 325. The van der Waals surface area contributed by atoms with Gasteiger partial charge in [0.1, 0.15) is 5.60 Å². The molecular formula is C14H23F2NO2. The third kappa shape index (κ3) is 7.25. The van der Waals surface area contributed by atoms with E-state index in [1.54, 1.807) is 6.08 Å². The highest BCUT2D eigenvalue weighted by Gasteiger charge is 2.33. The molecule has 1 heterocycles. The molecule has 0 bridgehead atoms. The van der Waals surface area contributed by atoms with E-state index in [1.807, 2.05) is 25.7 Å². The predicted octanol–water partition coefficient (Wildman–Crippen LogP) is 3.01. The number of carbonyl (C=O) groups excluding carboxylic acids is 1. The first-order valence-corrected chi connectivity index (χ1v) is 6.68. The fourth-order valence-corrected chi connectivity index (χ4v) is 1.88. The summed E-state index contributed by atoms with van der Waals surface area (Å²) in [6.45, 7) is 6.99. The van der Waals surface area contributed by atoms with E-state index in [0.717, 1.165) is 0 Å². The summed E-state index contributed by atoms with van der Waals surface area (Å²) in [6.07, 6.45) is 3.68. The van der Waals surface area contributed by atoms with Crippen molar-refractivity contribution in [2.24, 2.45) is 0 Å². The van der Waals surface area contributed by atoms with Crippen LogP contribution in [0.15, 0.2) is 12.2 Å². The minimum absolute atomic E-state index is 0.0667. The van der Waals surface area contributed by atoms with Gasteiger partial charge in [-0.05, 0) is 27.2 Å². The van der Waals surface area contributed by atoms with E-state index in [4.69, 9.17) is 4.74 Å². The van der Waals surface area contributed by atoms with Gasteiger partial charge in [0.15, 0.2) is 0 Å². The summed E-state index contributed by atoms with van der Waals surface area (Å²) in [5, 5.41) is 0. The standard InChI is InChI=1S/C14H23F2NO2/c1-13(2,3)19-12(18)6-4-5-9-17-10-7-14(15,16)8-11-17/h4,6H,5,7-11H2,1-3H3/b6-4+. The SMILES string of the molecule is CC(C)(C)OC(=O)/C=C/CCN1CCC(F)(F)CC1. The molecule has 0 atom stereocenters. The van der Waals surface area contributed by atoms with Crippen LogP contribution in [0.5, 0.6) is 0 Å². The average molecular weight is 275 g/mol. The first kappa shape index (κ1) is 16.1. The van der Waals surface area contributed by atoms with Crippen LogP contribution in [-0.2, 0) is 9.53 Å². The van der Waals surface area contributed by atoms with Crippen molar-refractivity contribution >= 4 is 5.97 Å². The van der Waals surface area contributed by atoms with E-state index in [-0.39, 0.29) is 18.8 Å². The molecule has 5 heteroatoms. The van der Waals surface area contributed by atoms with E-state index in [9.17, 15) is 13.6 Å². The molecule has 1 rings (SSSR count).